The number of halogens is 2. The molecular weight excluding hydrogens is 482 g/mol. The summed E-state index contributed by atoms with van der Waals surface area (Å²) in [6.07, 6.45) is 3.04. The van der Waals surface area contributed by atoms with Crippen molar-refractivity contribution < 1.29 is 18.3 Å². The van der Waals surface area contributed by atoms with Gasteiger partial charge >= 0.3 is 5.97 Å². The third-order valence-electron chi connectivity index (χ3n) is 6.20. The van der Waals surface area contributed by atoms with Gasteiger partial charge in [-0.1, -0.05) is 42.8 Å². The second-order valence-electron chi connectivity index (χ2n) is 8.87. The van der Waals surface area contributed by atoms with Gasteiger partial charge < -0.3 is 4.74 Å². The van der Waals surface area contributed by atoms with Crippen molar-refractivity contribution in [2.45, 2.75) is 32.1 Å². The predicted octanol–water partition coefficient (Wildman–Crippen LogP) is 7.75. The van der Waals surface area contributed by atoms with Crippen molar-refractivity contribution >= 4 is 5.97 Å². The molecule has 0 saturated heterocycles. The van der Waals surface area contributed by atoms with Crippen LogP contribution in [0.2, 0.25) is 0 Å². The van der Waals surface area contributed by atoms with Gasteiger partial charge in [0.25, 0.3) is 0 Å². The Bertz CT molecular complexity index is 1520. The van der Waals surface area contributed by atoms with Gasteiger partial charge in [-0.2, -0.15) is 10.5 Å². The lowest BCUT2D eigenvalue weighted by Crippen LogP contribution is -2.07. The van der Waals surface area contributed by atoms with Gasteiger partial charge in [0.1, 0.15) is 17.4 Å². The molecular formula is C32H24F2N2O2. The molecule has 0 aliphatic rings. The molecule has 0 N–H and O–H groups in total. The second-order valence-corrected chi connectivity index (χ2v) is 8.87. The molecule has 0 fully saturated rings. The topological polar surface area (TPSA) is 73.9 Å². The van der Waals surface area contributed by atoms with Crippen LogP contribution in [-0.4, -0.2) is 5.97 Å². The summed E-state index contributed by atoms with van der Waals surface area (Å²) in [6, 6.07) is 26.9. The number of esters is 1. The van der Waals surface area contributed by atoms with Crippen LogP contribution >= 0.6 is 0 Å². The SMILES string of the molecule is N#Cc1ccc(-c2ccc(CCCCCC(=O)Oc3ccc(-c4ccc(C#N)cc4)c(F)c3)cc2F)cc1. The van der Waals surface area contributed by atoms with E-state index in [1.165, 1.54) is 12.1 Å². The Hall–Kier alpha value is -4.81. The van der Waals surface area contributed by atoms with E-state index in [-0.39, 0.29) is 18.0 Å². The zero-order chi connectivity index (χ0) is 26.9. The van der Waals surface area contributed by atoms with Gasteiger partial charge in [0.15, 0.2) is 0 Å². The summed E-state index contributed by atoms with van der Waals surface area (Å²) in [7, 11) is 0. The molecule has 4 rings (SSSR count). The van der Waals surface area contributed by atoms with E-state index in [2.05, 4.69) is 0 Å². The van der Waals surface area contributed by atoms with Crippen molar-refractivity contribution in [3.05, 3.63) is 113 Å². The number of benzene rings is 4. The summed E-state index contributed by atoms with van der Waals surface area (Å²) in [4.78, 5) is 12.2. The summed E-state index contributed by atoms with van der Waals surface area (Å²) in [5.74, 6) is -1.12. The number of ether oxygens (including phenoxy) is 1. The fourth-order valence-electron chi connectivity index (χ4n) is 4.15. The Morgan fingerprint density at radius 3 is 1.76 bits per heavy atom. The Balaban J connectivity index is 1.22. The highest BCUT2D eigenvalue weighted by molar-refractivity contribution is 5.73. The number of nitrogens with zero attached hydrogens (tertiary/aromatic N) is 2. The Kier molecular flexibility index (Phi) is 8.59. The standard InChI is InChI=1S/C32H24F2N2O2/c33-30-18-22(10-16-28(30)25-11-6-23(20-35)7-12-25)4-2-1-3-5-32(37)38-27-15-17-29(31(34)19-27)26-13-8-24(21-36)9-14-26/h6-19H,1-5H2. The van der Waals surface area contributed by atoms with Crippen LogP contribution in [0, 0.1) is 34.3 Å². The monoisotopic (exact) mass is 506 g/mol. The Morgan fingerprint density at radius 1 is 0.684 bits per heavy atom. The molecule has 188 valence electrons. The van der Waals surface area contributed by atoms with Crippen molar-refractivity contribution in [2.75, 3.05) is 0 Å². The lowest BCUT2D eigenvalue weighted by Gasteiger charge is -2.08. The highest BCUT2D eigenvalue weighted by Gasteiger charge is 2.11. The third-order valence-corrected chi connectivity index (χ3v) is 6.20. The molecule has 0 aliphatic carbocycles. The van der Waals surface area contributed by atoms with Crippen LogP contribution in [-0.2, 0) is 11.2 Å². The molecule has 0 aromatic heterocycles. The fourth-order valence-corrected chi connectivity index (χ4v) is 4.15. The van der Waals surface area contributed by atoms with Crippen LogP contribution in [0.4, 0.5) is 8.78 Å². The summed E-state index contributed by atoms with van der Waals surface area (Å²) >= 11 is 0. The predicted molar refractivity (Wildman–Crippen MR) is 141 cm³/mol. The largest absolute Gasteiger partial charge is 0.426 e. The van der Waals surface area contributed by atoms with E-state index in [0.717, 1.165) is 24.0 Å². The van der Waals surface area contributed by atoms with Gasteiger partial charge in [0, 0.05) is 23.6 Å². The minimum absolute atomic E-state index is 0.141. The average Bonchev–Trinajstić information content (AvgIpc) is 2.93. The normalized spacial score (nSPS) is 10.4. The van der Waals surface area contributed by atoms with Crippen LogP contribution in [0.1, 0.15) is 42.4 Å². The number of nitriles is 2. The Labute approximate surface area is 220 Å². The van der Waals surface area contributed by atoms with E-state index >= 15 is 0 Å². The van der Waals surface area contributed by atoms with Gasteiger partial charge in [0.2, 0.25) is 0 Å². The molecule has 4 aromatic carbocycles. The van der Waals surface area contributed by atoms with E-state index in [9.17, 15) is 13.6 Å². The minimum atomic E-state index is -0.516. The van der Waals surface area contributed by atoms with Crippen LogP contribution in [0.5, 0.6) is 5.75 Å². The van der Waals surface area contributed by atoms with Crippen molar-refractivity contribution in [1.82, 2.24) is 0 Å². The molecule has 0 heterocycles. The molecule has 0 amide bonds. The average molecular weight is 507 g/mol. The summed E-state index contributed by atoms with van der Waals surface area (Å²) < 4.78 is 34.5. The number of hydrogen-bond acceptors (Lipinski definition) is 4. The summed E-state index contributed by atoms with van der Waals surface area (Å²) in [6.45, 7) is 0. The number of hydrogen-bond donors (Lipinski definition) is 0. The number of carbonyl (C=O) groups excluding carboxylic acids is 1. The molecule has 0 spiro atoms. The number of rotatable bonds is 9. The highest BCUT2D eigenvalue weighted by Crippen LogP contribution is 2.27. The Morgan fingerprint density at radius 2 is 1.24 bits per heavy atom. The van der Waals surface area contributed by atoms with Crippen LogP contribution < -0.4 is 4.74 Å². The molecule has 0 radical (unpaired) electrons. The van der Waals surface area contributed by atoms with Gasteiger partial charge in [-0.15, -0.1) is 0 Å². The van der Waals surface area contributed by atoms with Crippen molar-refractivity contribution in [2.24, 2.45) is 0 Å². The maximum atomic E-state index is 14.6. The quantitative estimate of drug-likeness (QED) is 0.132. The number of carbonyl (C=O) groups is 1. The first-order chi connectivity index (χ1) is 18.5. The fraction of sp³-hybridized carbons (Fsp3) is 0.156. The maximum absolute atomic E-state index is 14.6. The first-order valence-corrected chi connectivity index (χ1v) is 12.3. The lowest BCUT2D eigenvalue weighted by atomic mass is 9.99. The summed E-state index contributed by atoms with van der Waals surface area (Å²) in [5, 5.41) is 17.8. The van der Waals surface area contributed by atoms with Crippen molar-refractivity contribution in [3.63, 3.8) is 0 Å². The van der Waals surface area contributed by atoms with E-state index < -0.39 is 11.8 Å². The van der Waals surface area contributed by atoms with Gasteiger partial charge in [-0.3, -0.25) is 4.79 Å². The molecule has 0 atom stereocenters. The van der Waals surface area contributed by atoms with E-state index in [4.69, 9.17) is 15.3 Å². The zero-order valence-corrected chi connectivity index (χ0v) is 20.6. The van der Waals surface area contributed by atoms with Gasteiger partial charge in [0.05, 0.1) is 23.3 Å². The smallest absolute Gasteiger partial charge is 0.311 e. The molecule has 6 heteroatoms. The van der Waals surface area contributed by atoms with Crippen molar-refractivity contribution in [1.29, 1.82) is 10.5 Å². The van der Waals surface area contributed by atoms with E-state index in [1.807, 2.05) is 18.2 Å². The van der Waals surface area contributed by atoms with Gasteiger partial charge in [-0.05, 0) is 78.4 Å². The summed E-state index contributed by atoms with van der Waals surface area (Å²) in [5.41, 5.74) is 4.08. The molecule has 38 heavy (non-hydrogen) atoms. The third kappa shape index (κ3) is 6.69. The first-order valence-electron chi connectivity index (χ1n) is 12.3. The molecule has 4 nitrogen and oxygen atoms in total. The van der Waals surface area contributed by atoms with Gasteiger partial charge in [-0.25, -0.2) is 8.78 Å². The molecule has 0 unspecified atom stereocenters. The highest BCUT2D eigenvalue weighted by atomic mass is 19.1. The zero-order valence-electron chi connectivity index (χ0n) is 20.6. The number of unbranched alkanes of at least 4 members (excludes halogenated alkanes) is 2. The molecule has 0 bridgehead atoms. The molecule has 0 aliphatic heterocycles. The first kappa shape index (κ1) is 26.3. The molecule has 0 saturated carbocycles. The second kappa shape index (κ2) is 12.4. The maximum Gasteiger partial charge on any atom is 0.311 e. The van der Waals surface area contributed by atoms with Crippen LogP contribution in [0.15, 0.2) is 84.9 Å². The van der Waals surface area contributed by atoms with E-state index in [0.29, 0.717) is 40.7 Å². The lowest BCUT2D eigenvalue weighted by molar-refractivity contribution is -0.134. The van der Waals surface area contributed by atoms with E-state index in [1.54, 1.807) is 66.7 Å². The molecule has 4 aromatic rings. The van der Waals surface area contributed by atoms with Crippen molar-refractivity contribution in [3.8, 4) is 40.1 Å². The minimum Gasteiger partial charge on any atom is -0.426 e. The van der Waals surface area contributed by atoms with Crippen LogP contribution in [0.3, 0.4) is 0 Å². The number of aryl methyl sites for hydroxylation is 1. The van der Waals surface area contributed by atoms with Crippen LogP contribution in [0.25, 0.3) is 22.3 Å².